The molecule has 19 heavy (non-hydrogen) atoms. The number of thiophene rings is 1. The van der Waals surface area contributed by atoms with Gasteiger partial charge in [-0.05, 0) is 28.8 Å². The van der Waals surface area contributed by atoms with Crippen molar-refractivity contribution in [3.63, 3.8) is 0 Å². The summed E-state index contributed by atoms with van der Waals surface area (Å²) >= 11 is 1.68. The highest BCUT2D eigenvalue weighted by Crippen LogP contribution is 2.26. The van der Waals surface area contributed by atoms with Crippen LogP contribution < -0.4 is 5.73 Å². The number of rotatable bonds is 4. The molecule has 0 saturated heterocycles. The Balaban J connectivity index is 0.00000133. The van der Waals surface area contributed by atoms with Gasteiger partial charge in [-0.15, -0.1) is 12.4 Å². The van der Waals surface area contributed by atoms with Crippen molar-refractivity contribution >= 4 is 29.7 Å². The predicted molar refractivity (Wildman–Crippen MR) is 76.5 cm³/mol. The van der Waals surface area contributed by atoms with E-state index in [0.717, 1.165) is 17.8 Å². The lowest BCUT2D eigenvalue weighted by Crippen LogP contribution is -2.06. The molecule has 0 fully saturated rings. The minimum Gasteiger partial charge on any atom is -0.369 e. The smallest absolute Gasteiger partial charge is 0.197 e. The summed E-state index contributed by atoms with van der Waals surface area (Å²) in [6.07, 6.45) is 4.33. The van der Waals surface area contributed by atoms with Crippen LogP contribution in [0.2, 0.25) is 0 Å². The van der Waals surface area contributed by atoms with Crippen molar-refractivity contribution in [3.8, 4) is 0 Å². The molecule has 0 aliphatic carbocycles. The van der Waals surface area contributed by atoms with Gasteiger partial charge in [-0.1, -0.05) is 0 Å². The Bertz CT molecular complexity index is 603. The van der Waals surface area contributed by atoms with Crippen molar-refractivity contribution in [2.24, 2.45) is 0 Å². The fourth-order valence-corrected chi connectivity index (χ4v) is 2.61. The summed E-state index contributed by atoms with van der Waals surface area (Å²) in [6, 6.07) is 2.11. The van der Waals surface area contributed by atoms with Gasteiger partial charge in [0.15, 0.2) is 5.95 Å². The summed E-state index contributed by atoms with van der Waals surface area (Å²) in [6.45, 7) is 0. The number of H-pyrrole nitrogens is 2. The first-order valence-corrected chi connectivity index (χ1v) is 6.44. The highest BCUT2D eigenvalue weighted by atomic mass is 35.5. The lowest BCUT2D eigenvalue weighted by atomic mass is 9.95. The quantitative estimate of drug-likeness (QED) is 0.686. The summed E-state index contributed by atoms with van der Waals surface area (Å²) in [4.78, 5) is 7.11. The number of nitrogens with zero attached hydrogens (tertiary/aromatic N) is 3. The third-order valence-corrected chi connectivity index (χ3v) is 3.53. The van der Waals surface area contributed by atoms with Crippen LogP contribution in [0.25, 0.3) is 0 Å². The molecule has 4 N–H and O–H groups in total. The van der Waals surface area contributed by atoms with Crippen LogP contribution in [0.1, 0.15) is 22.9 Å². The Morgan fingerprint density at radius 1 is 1.37 bits per heavy atom. The molecule has 3 rings (SSSR count). The van der Waals surface area contributed by atoms with E-state index in [1.54, 1.807) is 23.7 Å². The molecule has 3 heterocycles. The third kappa shape index (κ3) is 2.94. The molecule has 1 atom stereocenters. The Kier molecular flexibility index (Phi) is 4.18. The number of anilines is 1. The van der Waals surface area contributed by atoms with Gasteiger partial charge in [0, 0.05) is 5.69 Å². The molecular formula is C11H13ClN6S. The second kappa shape index (κ2) is 5.85. The number of halogens is 1. The molecule has 0 aromatic carbocycles. The summed E-state index contributed by atoms with van der Waals surface area (Å²) < 4.78 is 0. The van der Waals surface area contributed by atoms with Gasteiger partial charge in [0.1, 0.15) is 0 Å². The molecule has 100 valence electrons. The lowest BCUT2D eigenvalue weighted by molar-refractivity contribution is 0.746. The monoisotopic (exact) mass is 296 g/mol. The van der Waals surface area contributed by atoms with Crippen molar-refractivity contribution < 1.29 is 0 Å². The maximum Gasteiger partial charge on any atom is 0.197 e. The summed E-state index contributed by atoms with van der Waals surface area (Å²) in [5.74, 6) is 0.506. The number of nitrogens with two attached hydrogens (primary N) is 1. The number of nitrogens with one attached hydrogen (secondary N) is 2. The molecule has 3 aromatic heterocycles. The largest absolute Gasteiger partial charge is 0.369 e. The van der Waals surface area contributed by atoms with E-state index in [0.29, 0.717) is 5.95 Å². The topological polar surface area (TPSA) is 96.3 Å². The van der Waals surface area contributed by atoms with Crippen molar-refractivity contribution in [2.75, 3.05) is 5.73 Å². The highest BCUT2D eigenvalue weighted by Gasteiger charge is 2.19. The Morgan fingerprint density at radius 3 is 2.84 bits per heavy atom. The standard InChI is InChI=1S/C11H12N6S.ClH/c12-11-13-4-9(15-11)8(10-5-14-17-16-10)3-7-1-2-18-6-7;/h1-2,4-6,8H,3H2,(H3,12,13,15)(H,14,16,17);1H. The fourth-order valence-electron chi connectivity index (χ4n) is 1.93. The van der Waals surface area contributed by atoms with E-state index in [9.17, 15) is 0 Å². The first-order valence-electron chi connectivity index (χ1n) is 5.50. The molecule has 0 aliphatic heterocycles. The SMILES string of the molecule is Cl.Nc1ncc(C(Cc2ccsc2)c2cn[nH]n2)[nH]1. The summed E-state index contributed by atoms with van der Waals surface area (Å²) in [7, 11) is 0. The van der Waals surface area contributed by atoms with Gasteiger partial charge < -0.3 is 10.7 Å². The van der Waals surface area contributed by atoms with Crippen LogP contribution in [0.5, 0.6) is 0 Å². The first kappa shape index (κ1) is 13.6. The Hall–Kier alpha value is -1.86. The molecule has 0 radical (unpaired) electrons. The summed E-state index contributed by atoms with van der Waals surface area (Å²) in [5, 5.41) is 14.9. The van der Waals surface area contributed by atoms with Crippen LogP contribution >= 0.6 is 23.7 Å². The van der Waals surface area contributed by atoms with Gasteiger partial charge in [0.25, 0.3) is 0 Å². The molecule has 0 saturated carbocycles. The number of nitrogen functional groups attached to an aromatic ring is 1. The van der Waals surface area contributed by atoms with Crippen molar-refractivity contribution in [1.82, 2.24) is 25.4 Å². The zero-order chi connectivity index (χ0) is 12.4. The molecular weight excluding hydrogens is 284 g/mol. The summed E-state index contributed by atoms with van der Waals surface area (Å²) in [5.41, 5.74) is 8.73. The minimum atomic E-state index is 0. The van der Waals surface area contributed by atoms with Crippen molar-refractivity contribution in [3.05, 3.63) is 46.2 Å². The number of hydrogen-bond acceptors (Lipinski definition) is 5. The molecule has 0 bridgehead atoms. The third-order valence-electron chi connectivity index (χ3n) is 2.80. The second-order valence-electron chi connectivity index (χ2n) is 4.01. The maximum atomic E-state index is 5.63. The van der Waals surface area contributed by atoms with Gasteiger partial charge in [0.2, 0.25) is 0 Å². The maximum absolute atomic E-state index is 5.63. The zero-order valence-corrected chi connectivity index (χ0v) is 11.5. The van der Waals surface area contributed by atoms with E-state index in [1.165, 1.54) is 5.56 Å². The Morgan fingerprint density at radius 2 is 2.26 bits per heavy atom. The lowest BCUT2D eigenvalue weighted by Gasteiger charge is -2.11. The normalized spacial score (nSPS) is 12.0. The molecule has 8 heteroatoms. The number of aromatic amines is 2. The fraction of sp³-hybridized carbons (Fsp3) is 0.182. The molecule has 1 unspecified atom stereocenters. The van der Waals surface area contributed by atoms with Crippen molar-refractivity contribution in [2.45, 2.75) is 12.3 Å². The van der Waals surface area contributed by atoms with Gasteiger partial charge in [-0.3, -0.25) is 0 Å². The minimum absolute atomic E-state index is 0. The number of hydrogen-bond donors (Lipinski definition) is 3. The zero-order valence-electron chi connectivity index (χ0n) is 9.91. The van der Waals surface area contributed by atoms with Gasteiger partial charge in [-0.2, -0.15) is 26.7 Å². The van der Waals surface area contributed by atoms with Crippen LogP contribution in [-0.4, -0.2) is 25.4 Å². The van der Waals surface area contributed by atoms with E-state index in [-0.39, 0.29) is 18.3 Å². The van der Waals surface area contributed by atoms with Crippen LogP contribution in [0.3, 0.4) is 0 Å². The molecule has 6 nitrogen and oxygen atoms in total. The second-order valence-corrected chi connectivity index (χ2v) is 4.79. The Labute approximate surface area is 119 Å². The van der Waals surface area contributed by atoms with E-state index in [1.807, 2.05) is 0 Å². The molecule has 0 aliphatic rings. The molecule has 3 aromatic rings. The molecule has 0 amide bonds. The van der Waals surface area contributed by atoms with E-state index < -0.39 is 0 Å². The molecule has 0 spiro atoms. The van der Waals surface area contributed by atoms with Gasteiger partial charge in [-0.25, -0.2) is 4.98 Å². The van der Waals surface area contributed by atoms with Gasteiger partial charge >= 0.3 is 0 Å². The van der Waals surface area contributed by atoms with E-state index in [2.05, 4.69) is 42.2 Å². The number of aromatic nitrogens is 5. The van der Waals surface area contributed by atoms with Crippen LogP contribution in [0.4, 0.5) is 5.95 Å². The van der Waals surface area contributed by atoms with E-state index >= 15 is 0 Å². The first-order chi connectivity index (χ1) is 8.83. The van der Waals surface area contributed by atoms with Gasteiger partial charge in [0.05, 0.1) is 24.0 Å². The van der Waals surface area contributed by atoms with Crippen molar-refractivity contribution in [1.29, 1.82) is 0 Å². The average Bonchev–Trinajstić information content (AvgIpc) is 3.09. The highest BCUT2D eigenvalue weighted by molar-refractivity contribution is 7.07. The van der Waals surface area contributed by atoms with Crippen LogP contribution in [0.15, 0.2) is 29.2 Å². The number of imidazole rings is 1. The van der Waals surface area contributed by atoms with Crippen LogP contribution in [0, 0.1) is 0 Å². The van der Waals surface area contributed by atoms with E-state index in [4.69, 9.17) is 5.73 Å². The average molecular weight is 297 g/mol. The predicted octanol–water partition coefficient (Wildman–Crippen LogP) is 1.97. The van der Waals surface area contributed by atoms with Crippen LogP contribution in [-0.2, 0) is 6.42 Å².